The summed E-state index contributed by atoms with van der Waals surface area (Å²) >= 11 is 4.28. The average Bonchev–Trinajstić information content (AvgIpc) is 1.55. The Bertz CT molecular complexity index is 4750. The Morgan fingerprint density at radius 3 is 1.48 bits per heavy atom. The molecule has 0 bridgehead atoms. The minimum atomic E-state index is -0.00944. The van der Waals surface area contributed by atoms with Gasteiger partial charge in [-0.2, -0.15) is 0 Å². The monoisotopic (exact) mass is 1260 g/mol. The summed E-state index contributed by atoms with van der Waals surface area (Å²) < 4.78 is 5.92. The van der Waals surface area contributed by atoms with Gasteiger partial charge in [-0.05, 0) is 272 Å². The van der Waals surface area contributed by atoms with Gasteiger partial charge >= 0.3 is 0 Å². The van der Waals surface area contributed by atoms with Gasteiger partial charge in [0.05, 0.1) is 5.69 Å². The zero-order valence-corrected chi connectivity index (χ0v) is 61.2. The van der Waals surface area contributed by atoms with Crippen LogP contribution in [0.15, 0.2) is 121 Å². The van der Waals surface area contributed by atoms with E-state index in [-0.39, 0.29) is 66.8 Å². The Balaban J connectivity index is 1.04. The predicted octanol–water partition coefficient (Wildman–Crippen LogP) is 23.4. The standard InChI is InChI=1S/C89H100BNS2/c1-80(2)34-36-82(5,6)65-45-54(27-30-62(65)80)59-43-56-42-55(75-58-29-26-53(52-24-20-19-21-25-52)44-64(58)88(17)32-22-23-33-89(75,88)18)46-71-76(56)90(78-74(59)60-48-67-69(50-72(60)92-78)86(13,14)40-38-84(67,9)10)79-77(61-49-68-70(51-73(61)93-79)87(15,16)41-39-85(68,11)12)91(71)57-28-31-63-66(47-57)83(7,8)37-35-81(63,3)4/h19-21,24-31,42-51,75H,22-23,32-41H2,1-18H3. The van der Waals surface area contributed by atoms with Crippen molar-refractivity contribution in [2.45, 2.75) is 256 Å². The summed E-state index contributed by atoms with van der Waals surface area (Å²) in [6, 6.07) is 51.2. The first-order chi connectivity index (χ1) is 43.7. The van der Waals surface area contributed by atoms with Crippen molar-refractivity contribution >= 4 is 93.3 Å². The van der Waals surface area contributed by atoms with Gasteiger partial charge in [-0.15, -0.1) is 22.7 Å². The molecule has 0 amide bonds. The summed E-state index contributed by atoms with van der Waals surface area (Å²) in [5.74, 6) is 0.197. The van der Waals surface area contributed by atoms with Gasteiger partial charge < -0.3 is 4.90 Å². The van der Waals surface area contributed by atoms with E-state index in [0.29, 0.717) is 0 Å². The molecule has 1 fully saturated rings. The molecule has 8 aliphatic rings. The van der Waals surface area contributed by atoms with Gasteiger partial charge in [-0.1, -0.05) is 216 Å². The van der Waals surface area contributed by atoms with Crippen LogP contribution in [-0.4, -0.2) is 6.71 Å². The van der Waals surface area contributed by atoms with Crippen LogP contribution < -0.4 is 19.9 Å². The van der Waals surface area contributed by atoms with Crippen molar-refractivity contribution in [2.24, 2.45) is 5.41 Å². The molecule has 2 aromatic heterocycles. The lowest BCUT2D eigenvalue weighted by Gasteiger charge is -2.49. The number of nitrogens with zero attached hydrogens (tertiary/aromatic N) is 1. The number of thiophene rings is 2. The zero-order chi connectivity index (χ0) is 65.1. The van der Waals surface area contributed by atoms with Crippen molar-refractivity contribution in [3.8, 4) is 11.1 Å². The summed E-state index contributed by atoms with van der Waals surface area (Å²) in [6.45, 7) is 45.8. The molecular formula is C89H100BNS2. The van der Waals surface area contributed by atoms with Gasteiger partial charge in [0.25, 0.3) is 6.71 Å². The fraction of sp³-hybridized carbons (Fsp3) is 0.461. The van der Waals surface area contributed by atoms with Crippen LogP contribution >= 0.6 is 22.7 Å². The molecule has 17 rings (SSSR count). The maximum atomic E-state index is 2.90. The molecule has 0 N–H and O–H groups in total. The number of benzene rings is 7. The lowest BCUT2D eigenvalue weighted by atomic mass is 9.39. The molecule has 6 aliphatic carbocycles. The van der Waals surface area contributed by atoms with E-state index in [4.69, 9.17) is 0 Å². The fourth-order valence-electron chi connectivity index (χ4n) is 20.8. The molecule has 476 valence electrons. The van der Waals surface area contributed by atoms with E-state index in [1.54, 1.807) is 33.4 Å². The minimum Gasteiger partial charge on any atom is -0.310 e. The Hall–Kier alpha value is -5.94. The molecule has 3 atom stereocenters. The Labute approximate surface area is 566 Å². The van der Waals surface area contributed by atoms with Gasteiger partial charge in [-0.25, -0.2) is 0 Å². The van der Waals surface area contributed by atoms with E-state index in [9.17, 15) is 0 Å². The predicted molar refractivity (Wildman–Crippen MR) is 405 cm³/mol. The summed E-state index contributed by atoms with van der Waals surface area (Å²) in [7, 11) is 0. The van der Waals surface area contributed by atoms with Crippen LogP contribution in [0.3, 0.4) is 0 Å². The second kappa shape index (κ2) is 19.4. The van der Waals surface area contributed by atoms with Crippen LogP contribution in [0.4, 0.5) is 17.1 Å². The van der Waals surface area contributed by atoms with Crippen LogP contribution in [0.1, 0.15) is 285 Å². The summed E-state index contributed by atoms with van der Waals surface area (Å²) in [5.41, 5.74) is 31.4. The first-order valence-corrected chi connectivity index (χ1v) is 37.8. The molecule has 0 radical (unpaired) electrons. The smallest absolute Gasteiger partial charge is 0.273 e. The van der Waals surface area contributed by atoms with Crippen molar-refractivity contribution in [2.75, 3.05) is 4.90 Å². The zero-order valence-electron chi connectivity index (χ0n) is 59.5. The number of rotatable bonds is 4. The highest BCUT2D eigenvalue weighted by molar-refractivity contribution is 7.40. The third kappa shape index (κ3) is 8.53. The second-order valence-electron chi connectivity index (χ2n) is 36.9. The molecule has 3 unspecified atom stereocenters. The van der Waals surface area contributed by atoms with Gasteiger partial charge in [0, 0.05) is 42.2 Å². The van der Waals surface area contributed by atoms with Crippen molar-refractivity contribution in [3.63, 3.8) is 0 Å². The Morgan fingerprint density at radius 2 is 0.882 bits per heavy atom. The number of anilines is 3. The Kier molecular flexibility index (Phi) is 12.7. The van der Waals surface area contributed by atoms with Gasteiger partial charge in [0.1, 0.15) is 0 Å². The molecule has 1 nitrogen and oxygen atoms in total. The molecule has 4 heteroatoms. The van der Waals surface area contributed by atoms with Crippen LogP contribution in [-0.2, 0) is 48.7 Å². The van der Waals surface area contributed by atoms with Crippen LogP contribution in [0.2, 0.25) is 0 Å². The van der Waals surface area contributed by atoms with Crippen LogP contribution in [0.5, 0.6) is 0 Å². The average molecular weight is 1260 g/mol. The maximum absolute atomic E-state index is 2.90. The van der Waals surface area contributed by atoms with Gasteiger partial charge in [0.15, 0.2) is 0 Å². The van der Waals surface area contributed by atoms with Gasteiger partial charge in [0.2, 0.25) is 0 Å². The second-order valence-corrected chi connectivity index (χ2v) is 39.1. The number of hydrogen-bond donors (Lipinski definition) is 0. The molecule has 4 heterocycles. The Morgan fingerprint density at radius 1 is 0.398 bits per heavy atom. The largest absolute Gasteiger partial charge is 0.310 e. The van der Waals surface area contributed by atoms with E-state index in [1.165, 1.54) is 191 Å². The fourth-order valence-corrected chi connectivity index (χ4v) is 23.6. The molecule has 2 aliphatic heterocycles. The molecule has 0 saturated heterocycles. The molecular weight excluding hydrogens is 1160 g/mol. The third-order valence-corrected chi connectivity index (χ3v) is 30.0. The maximum Gasteiger partial charge on any atom is 0.273 e. The minimum absolute atomic E-state index is 0.00480. The van der Waals surface area contributed by atoms with E-state index >= 15 is 0 Å². The topological polar surface area (TPSA) is 3.24 Å². The summed E-state index contributed by atoms with van der Waals surface area (Å²) in [5, 5.41) is 2.88. The van der Waals surface area contributed by atoms with Crippen molar-refractivity contribution in [1.29, 1.82) is 0 Å². The molecule has 9 aromatic rings. The third-order valence-electron chi connectivity index (χ3n) is 27.6. The van der Waals surface area contributed by atoms with E-state index < -0.39 is 0 Å². The lowest BCUT2D eigenvalue weighted by molar-refractivity contribution is 0.0924. The van der Waals surface area contributed by atoms with Crippen LogP contribution in [0.25, 0.3) is 42.9 Å². The molecule has 0 spiro atoms. The van der Waals surface area contributed by atoms with E-state index in [2.05, 4.69) is 280 Å². The first-order valence-electron chi connectivity index (χ1n) is 36.2. The molecule has 7 aromatic carbocycles. The first kappa shape index (κ1) is 60.7. The molecule has 1 saturated carbocycles. The highest BCUT2D eigenvalue weighted by Crippen LogP contribution is 2.68. The highest BCUT2D eigenvalue weighted by atomic mass is 32.1. The SMILES string of the molecule is CC1(C)CCC(C)(C)c2cc(C3=Cc4cc(C5c6ccc(-c7ccccc7)cc6C6(C)CCCCC56C)cc5c4B(c4sc6cc7c(cc6c43)C(C)(C)CCC7(C)C)c3sc4cc6c(cc4c3N5c3ccc4c(c3)C(C)(C)CCC4(C)C)C(C)(C)CCC6(C)C)ccc21. The van der Waals surface area contributed by atoms with Crippen molar-refractivity contribution < 1.29 is 0 Å². The van der Waals surface area contributed by atoms with Gasteiger partial charge in [-0.3, -0.25) is 0 Å². The summed E-state index contributed by atoms with van der Waals surface area (Å²) in [6.07, 6.45) is 17.3. The number of fused-ring (bicyclic) bond motifs is 15. The van der Waals surface area contributed by atoms with Crippen molar-refractivity contribution in [3.05, 3.63) is 199 Å². The highest BCUT2D eigenvalue weighted by Gasteiger charge is 2.59. The van der Waals surface area contributed by atoms with Crippen molar-refractivity contribution in [1.82, 2.24) is 0 Å². The molecule has 93 heavy (non-hydrogen) atoms. The summed E-state index contributed by atoms with van der Waals surface area (Å²) in [4.78, 5) is 2.90. The van der Waals surface area contributed by atoms with E-state index in [1.807, 2.05) is 0 Å². The normalized spacial score (nSPS) is 25.5. The number of hydrogen-bond acceptors (Lipinski definition) is 3. The lowest BCUT2D eigenvalue weighted by Crippen LogP contribution is -2.56. The van der Waals surface area contributed by atoms with Crippen LogP contribution in [0, 0.1) is 5.41 Å². The van der Waals surface area contributed by atoms with E-state index in [0.717, 1.165) is 0 Å². The quantitative estimate of drug-likeness (QED) is 0.159.